The largest absolute Gasteiger partial charge is 0.383 e. The minimum atomic E-state index is 0.831. The Balaban J connectivity index is 1.44. The van der Waals surface area contributed by atoms with Crippen LogP contribution in [0, 0.1) is 0 Å². The van der Waals surface area contributed by atoms with Crippen molar-refractivity contribution in [1.29, 1.82) is 0 Å². The Labute approximate surface area is 124 Å². The molecule has 0 amide bonds. The van der Waals surface area contributed by atoms with Crippen LogP contribution in [-0.4, -0.2) is 55.1 Å². The van der Waals surface area contributed by atoms with Gasteiger partial charge in [-0.05, 0) is 47.4 Å². The summed E-state index contributed by atoms with van der Waals surface area (Å²) in [5.74, 6) is 0. The number of piperazine rings is 1. The van der Waals surface area contributed by atoms with Crippen molar-refractivity contribution in [3.8, 4) is 0 Å². The number of hydrogen-bond acceptors (Lipinski definition) is 3. The molecule has 19 heavy (non-hydrogen) atoms. The SMILES string of the molecule is Brc1ccccc1NCCN1CCN2CCCC2C1. The predicted molar refractivity (Wildman–Crippen MR) is 83.7 cm³/mol. The first-order chi connectivity index (χ1) is 9.33. The maximum atomic E-state index is 3.58. The lowest BCUT2D eigenvalue weighted by molar-refractivity contribution is 0.108. The van der Waals surface area contributed by atoms with Crippen LogP contribution in [0.3, 0.4) is 0 Å². The zero-order valence-electron chi connectivity index (χ0n) is 11.3. The number of nitrogens with one attached hydrogen (secondary N) is 1. The highest BCUT2D eigenvalue weighted by Gasteiger charge is 2.29. The first-order valence-electron chi connectivity index (χ1n) is 7.28. The summed E-state index contributed by atoms with van der Waals surface area (Å²) in [7, 11) is 0. The van der Waals surface area contributed by atoms with E-state index in [0.29, 0.717) is 0 Å². The van der Waals surface area contributed by atoms with Gasteiger partial charge in [0.1, 0.15) is 0 Å². The molecule has 1 aromatic carbocycles. The zero-order valence-corrected chi connectivity index (χ0v) is 12.9. The maximum absolute atomic E-state index is 3.58. The molecule has 1 atom stereocenters. The molecule has 2 fully saturated rings. The second-order valence-corrected chi connectivity index (χ2v) is 6.39. The normalized spacial score (nSPS) is 24.4. The highest BCUT2D eigenvalue weighted by Crippen LogP contribution is 2.22. The van der Waals surface area contributed by atoms with Crippen molar-refractivity contribution in [1.82, 2.24) is 9.80 Å². The van der Waals surface area contributed by atoms with E-state index in [1.54, 1.807) is 0 Å². The van der Waals surface area contributed by atoms with E-state index in [4.69, 9.17) is 0 Å². The van der Waals surface area contributed by atoms with Gasteiger partial charge in [-0.3, -0.25) is 9.80 Å². The molecule has 1 unspecified atom stereocenters. The van der Waals surface area contributed by atoms with Crippen molar-refractivity contribution in [2.75, 3.05) is 44.6 Å². The number of anilines is 1. The second-order valence-electron chi connectivity index (χ2n) is 5.54. The smallest absolute Gasteiger partial charge is 0.0485 e. The molecule has 2 heterocycles. The molecule has 0 bridgehead atoms. The quantitative estimate of drug-likeness (QED) is 0.919. The molecule has 0 aromatic heterocycles. The average Bonchev–Trinajstić information content (AvgIpc) is 2.88. The summed E-state index contributed by atoms with van der Waals surface area (Å²) in [5.41, 5.74) is 1.20. The molecule has 2 saturated heterocycles. The van der Waals surface area contributed by atoms with E-state index >= 15 is 0 Å². The van der Waals surface area contributed by atoms with E-state index in [9.17, 15) is 0 Å². The number of hydrogen-bond donors (Lipinski definition) is 1. The Hall–Kier alpha value is -0.580. The Morgan fingerprint density at radius 1 is 1.21 bits per heavy atom. The van der Waals surface area contributed by atoms with Crippen molar-refractivity contribution in [2.24, 2.45) is 0 Å². The predicted octanol–water partition coefficient (Wildman–Crippen LogP) is 2.64. The molecule has 1 aromatic rings. The monoisotopic (exact) mass is 323 g/mol. The average molecular weight is 324 g/mol. The van der Waals surface area contributed by atoms with E-state index in [-0.39, 0.29) is 0 Å². The molecular formula is C15H22BrN3. The summed E-state index contributed by atoms with van der Waals surface area (Å²) < 4.78 is 1.15. The molecule has 3 nitrogen and oxygen atoms in total. The van der Waals surface area contributed by atoms with Gasteiger partial charge in [0.15, 0.2) is 0 Å². The molecule has 2 aliphatic rings. The van der Waals surface area contributed by atoms with Crippen LogP contribution in [0.15, 0.2) is 28.7 Å². The molecule has 0 aliphatic carbocycles. The molecule has 1 N–H and O–H groups in total. The van der Waals surface area contributed by atoms with Crippen LogP contribution in [0.25, 0.3) is 0 Å². The Kier molecular flexibility index (Phi) is 4.41. The van der Waals surface area contributed by atoms with Crippen LogP contribution in [0.5, 0.6) is 0 Å². The van der Waals surface area contributed by atoms with Gasteiger partial charge < -0.3 is 5.32 Å². The number of para-hydroxylation sites is 1. The zero-order chi connectivity index (χ0) is 13.1. The number of rotatable bonds is 4. The summed E-state index contributed by atoms with van der Waals surface area (Å²) in [6, 6.07) is 9.16. The summed E-state index contributed by atoms with van der Waals surface area (Å²) in [4.78, 5) is 5.27. The molecule has 104 valence electrons. The fourth-order valence-corrected chi connectivity index (χ4v) is 3.64. The van der Waals surface area contributed by atoms with Gasteiger partial charge in [0.25, 0.3) is 0 Å². The van der Waals surface area contributed by atoms with Gasteiger partial charge >= 0.3 is 0 Å². The van der Waals surface area contributed by atoms with Crippen LogP contribution < -0.4 is 5.32 Å². The van der Waals surface area contributed by atoms with Crippen LogP contribution in [0.4, 0.5) is 5.69 Å². The Bertz CT molecular complexity index is 424. The Morgan fingerprint density at radius 2 is 2.11 bits per heavy atom. The number of benzene rings is 1. The minimum absolute atomic E-state index is 0.831. The fourth-order valence-electron chi connectivity index (χ4n) is 3.21. The van der Waals surface area contributed by atoms with E-state index in [0.717, 1.165) is 23.6 Å². The van der Waals surface area contributed by atoms with Gasteiger partial charge in [0.05, 0.1) is 0 Å². The second kappa shape index (κ2) is 6.25. The summed E-state index contributed by atoms with van der Waals surface area (Å²) in [5, 5.41) is 3.52. The van der Waals surface area contributed by atoms with Crippen LogP contribution in [0.1, 0.15) is 12.8 Å². The molecular weight excluding hydrogens is 302 g/mol. The van der Waals surface area contributed by atoms with Gasteiger partial charge in [0.2, 0.25) is 0 Å². The number of nitrogens with zero attached hydrogens (tertiary/aromatic N) is 2. The van der Waals surface area contributed by atoms with Gasteiger partial charge in [-0.25, -0.2) is 0 Å². The third kappa shape index (κ3) is 3.30. The van der Waals surface area contributed by atoms with E-state index in [2.05, 4.69) is 55.3 Å². The summed E-state index contributed by atoms with van der Waals surface area (Å²) in [6.07, 6.45) is 2.79. The van der Waals surface area contributed by atoms with Gasteiger partial charge in [0, 0.05) is 48.9 Å². The van der Waals surface area contributed by atoms with Crippen molar-refractivity contribution in [3.05, 3.63) is 28.7 Å². The van der Waals surface area contributed by atoms with Crippen LogP contribution in [-0.2, 0) is 0 Å². The third-order valence-corrected chi connectivity index (χ3v) is 4.98. The lowest BCUT2D eigenvalue weighted by Gasteiger charge is -2.37. The molecule has 0 spiro atoms. The summed E-state index contributed by atoms with van der Waals surface area (Å²) in [6.45, 7) is 7.25. The highest BCUT2D eigenvalue weighted by atomic mass is 79.9. The van der Waals surface area contributed by atoms with E-state index < -0.39 is 0 Å². The Morgan fingerprint density at radius 3 is 3.00 bits per heavy atom. The van der Waals surface area contributed by atoms with E-state index in [1.165, 1.54) is 44.7 Å². The lowest BCUT2D eigenvalue weighted by Crippen LogP contribution is -2.51. The van der Waals surface area contributed by atoms with Gasteiger partial charge in [-0.15, -0.1) is 0 Å². The number of fused-ring (bicyclic) bond motifs is 1. The van der Waals surface area contributed by atoms with E-state index in [1.807, 2.05) is 0 Å². The first-order valence-corrected chi connectivity index (χ1v) is 8.07. The number of halogens is 1. The van der Waals surface area contributed by atoms with Crippen molar-refractivity contribution >= 4 is 21.6 Å². The minimum Gasteiger partial charge on any atom is -0.383 e. The van der Waals surface area contributed by atoms with Crippen LogP contribution >= 0.6 is 15.9 Å². The summed E-state index contributed by atoms with van der Waals surface area (Å²) >= 11 is 3.58. The van der Waals surface area contributed by atoms with Gasteiger partial charge in [-0.1, -0.05) is 12.1 Å². The fraction of sp³-hybridized carbons (Fsp3) is 0.600. The van der Waals surface area contributed by atoms with Crippen molar-refractivity contribution < 1.29 is 0 Å². The van der Waals surface area contributed by atoms with Crippen molar-refractivity contribution in [2.45, 2.75) is 18.9 Å². The molecule has 2 aliphatic heterocycles. The molecule has 0 radical (unpaired) electrons. The molecule has 4 heteroatoms. The first kappa shape index (κ1) is 13.4. The third-order valence-electron chi connectivity index (χ3n) is 4.29. The van der Waals surface area contributed by atoms with Crippen LogP contribution in [0.2, 0.25) is 0 Å². The van der Waals surface area contributed by atoms with Gasteiger partial charge in [-0.2, -0.15) is 0 Å². The lowest BCUT2D eigenvalue weighted by atomic mass is 10.1. The molecule has 3 rings (SSSR count). The molecule has 0 saturated carbocycles. The standard InChI is InChI=1S/C15H22BrN3/c16-14-5-1-2-6-15(14)17-7-9-18-10-11-19-8-3-4-13(19)12-18/h1-2,5-6,13,17H,3-4,7-12H2. The highest BCUT2D eigenvalue weighted by molar-refractivity contribution is 9.10. The topological polar surface area (TPSA) is 18.5 Å². The maximum Gasteiger partial charge on any atom is 0.0485 e. The van der Waals surface area contributed by atoms with Crippen molar-refractivity contribution in [3.63, 3.8) is 0 Å².